The molecule has 0 radical (unpaired) electrons. The summed E-state index contributed by atoms with van der Waals surface area (Å²) in [6.07, 6.45) is 2.67. The van der Waals surface area contributed by atoms with Crippen LogP contribution in [0, 0.1) is 5.92 Å². The number of halogens is 1. The SMILES string of the molecule is CC(C)C(N)CCN(C)C(=O)CCCc1nc(C(C)(C)C)no1.Cl. The quantitative estimate of drug-likeness (QED) is 0.770. The van der Waals surface area contributed by atoms with Crippen LogP contribution in [0.15, 0.2) is 4.52 Å². The summed E-state index contributed by atoms with van der Waals surface area (Å²) in [7, 11) is 1.83. The van der Waals surface area contributed by atoms with Gasteiger partial charge < -0.3 is 15.2 Å². The van der Waals surface area contributed by atoms with Gasteiger partial charge in [-0.05, 0) is 18.8 Å². The van der Waals surface area contributed by atoms with Crippen LogP contribution >= 0.6 is 12.4 Å². The molecule has 1 unspecified atom stereocenters. The lowest BCUT2D eigenvalue weighted by Crippen LogP contribution is -2.34. The largest absolute Gasteiger partial charge is 0.346 e. The average Bonchev–Trinajstić information content (AvgIpc) is 2.92. The van der Waals surface area contributed by atoms with Gasteiger partial charge in [0.2, 0.25) is 11.8 Å². The second-order valence-electron chi connectivity index (χ2n) is 7.63. The number of carbonyl (C=O) groups is 1. The van der Waals surface area contributed by atoms with E-state index in [2.05, 4.69) is 24.0 Å². The van der Waals surface area contributed by atoms with E-state index in [0.717, 1.165) is 6.42 Å². The topological polar surface area (TPSA) is 85.2 Å². The monoisotopic (exact) mass is 360 g/mol. The minimum Gasteiger partial charge on any atom is -0.346 e. The van der Waals surface area contributed by atoms with Crippen molar-refractivity contribution in [3.05, 3.63) is 11.7 Å². The highest BCUT2D eigenvalue weighted by molar-refractivity contribution is 5.85. The second kappa shape index (κ2) is 9.99. The Kier molecular flexibility index (Phi) is 9.51. The molecule has 0 saturated carbocycles. The zero-order chi connectivity index (χ0) is 17.6. The Balaban J connectivity index is 0.00000529. The summed E-state index contributed by atoms with van der Waals surface area (Å²) >= 11 is 0. The minimum absolute atomic E-state index is 0. The van der Waals surface area contributed by atoms with Crippen LogP contribution in [0.1, 0.15) is 65.6 Å². The van der Waals surface area contributed by atoms with Crippen LogP contribution in [0.25, 0.3) is 0 Å². The van der Waals surface area contributed by atoms with E-state index in [0.29, 0.717) is 43.4 Å². The van der Waals surface area contributed by atoms with E-state index in [9.17, 15) is 4.79 Å². The Bertz CT molecular complexity index is 497. The van der Waals surface area contributed by atoms with Crippen LogP contribution < -0.4 is 5.73 Å². The number of hydrogen-bond acceptors (Lipinski definition) is 5. The molecule has 140 valence electrons. The molecule has 0 fully saturated rings. The maximum Gasteiger partial charge on any atom is 0.226 e. The van der Waals surface area contributed by atoms with Crippen molar-refractivity contribution in [2.24, 2.45) is 11.7 Å². The van der Waals surface area contributed by atoms with Crippen LogP contribution in [0.2, 0.25) is 0 Å². The summed E-state index contributed by atoms with van der Waals surface area (Å²) in [5.74, 6) is 1.88. The first-order chi connectivity index (χ1) is 10.6. The molecule has 1 aromatic rings. The van der Waals surface area contributed by atoms with E-state index in [1.807, 2.05) is 27.8 Å². The fourth-order valence-electron chi connectivity index (χ4n) is 2.04. The Morgan fingerprint density at radius 2 is 1.96 bits per heavy atom. The van der Waals surface area contributed by atoms with E-state index in [-0.39, 0.29) is 29.8 Å². The predicted molar refractivity (Wildman–Crippen MR) is 98.3 cm³/mol. The third-order valence-electron chi connectivity index (χ3n) is 4.00. The number of aryl methyl sites for hydroxylation is 1. The smallest absolute Gasteiger partial charge is 0.226 e. The molecule has 2 N–H and O–H groups in total. The van der Waals surface area contributed by atoms with Crippen molar-refractivity contribution in [1.82, 2.24) is 15.0 Å². The fourth-order valence-corrected chi connectivity index (χ4v) is 2.04. The Labute approximate surface area is 152 Å². The van der Waals surface area contributed by atoms with Gasteiger partial charge in [0.25, 0.3) is 0 Å². The number of rotatable bonds is 8. The van der Waals surface area contributed by atoms with Gasteiger partial charge in [0.1, 0.15) is 0 Å². The number of nitrogens with zero attached hydrogens (tertiary/aromatic N) is 3. The van der Waals surface area contributed by atoms with Crippen molar-refractivity contribution in [3.63, 3.8) is 0 Å². The standard InChI is InChI=1S/C17H32N4O2.ClH/c1-12(2)13(18)10-11-21(6)15(22)9-7-8-14-19-16(20-23-14)17(3,4)5;/h12-13H,7-11,18H2,1-6H3;1H. The maximum atomic E-state index is 12.1. The van der Waals surface area contributed by atoms with Crippen molar-refractivity contribution in [3.8, 4) is 0 Å². The molecule has 24 heavy (non-hydrogen) atoms. The molecule has 0 aliphatic rings. The lowest BCUT2D eigenvalue weighted by atomic mass is 9.96. The lowest BCUT2D eigenvalue weighted by Gasteiger charge is -2.21. The molecule has 0 bridgehead atoms. The van der Waals surface area contributed by atoms with Crippen molar-refractivity contribution < 1.29 is 9.32 Å². The summed E-state index contributed by atoms with van der Waals surface area (Å²) in [5, 5.41) is 3.99. The third-order valence-corrected chi connectivity index (χ3v) is 4.00. The molecule has 7 heteroatoms. The summed E-state index contributed by atoms with van der Waals surface area (Å²) < 4.78 is 5.24. The molecule has 1 rings (SSSR count). The van der Waals surface area contributed by atoms with Gasteiger partial charge in [-0.1, -0.05) is 39.8 Å². The zero-order valence-corrected chi connectivity index (χ0v) is 16.7. The van der Waals surface area contributed by atoms with Crippen LogP contribution in [0.4, 0.5) is 0 Å². The molecule has 0 spiro atoms. The highest BCUT2D eigenvalue weighted by Gasteiger charge is 2.21. The van der Waals surface area contributed by atoms with Crippen LogP contribution in [-0.2, 0) is 16.6 Å². The highest BCUT2D eigenvalue weighted by Crippen LogP contribution is 2.19. The molecular formula is C17H33ClN4O2. The third kappa shape index (κ3) is 7.62. The van der Waals surface area contributed by atoms with Crippen LogP contribution in [0.3, 0.4) is 0 Å². The molecule has 1 atom stereocenters. The predicted octanol–water partition coefficient (Wildman–Crippen LogP) is 2.94. The van der Waals surface area contributed by atoms with E-state index >= 15 is 0 Å². The van der Waals surface area contributed by atoms with Gasteiger partial charge in [-0.3, -0.25) is 4.79 Å². The number of nitrogens with two attached hydrogens (primary N) is 1. The maximum absolute atomic E-state index is 12.1. The summed E-state index contributed by atoms with van der Waals surface area (Å²) in [6, 6.07) is 0.138. The van der Waals surface area contributed by atoms with E-state index in [1.54, 1.807) is 4.90 Å². The normalized spacial score (nSPS) is 12.8. The summed E-state index contributed by atoms with van der Waals surface area (Å²) in [5.41, 5.74) is 5.89. The molecule has 1 amide bonds. The summed E-state index contributed by atoms with van der Waals surface area (Å²) in [4.78, 5) is 18.2. The molecule has 6 nitrogen and oxygen atoms in total. The number of amides is 1. The number of hydrogen-bond donors (Lipinski definition) is 1. The average molecular weight is 361 g/mol. The Morgan fingerprint density at radius 1 is 1.33 bits per heavy atom. The molecule has 1 heterocycles. The van der Waals surface area contributed by atoms with Crippen LogP contribution in [0.5, 0.6) is 0 Å². The first kappa shape index (κ1) is 22.9. The minimum atomic E-state index is -0.118. The van der Waals surface area contributed by atoms with E-state index in [4.69, 9.17) is 10.3 Å². The zero-order valence-electron chi connectivity index (χ0n) is 15.8. The van der Waals surface area contributed by atoms with Gasteiger partial charge in [-0.25, -0.2) is 0 Å². The van der Waals surface area contributed by atoms with Crippen LogP contribution in [-0.4, -0.2) is 40.6 Å². The van der Waals surface area contributed by atoms with Gasteiger partial charge in [-0.2, -0.15) is 4.98 Å². The number of aromatic nitrogens is 2. The first-order valence-electron chi connectivity index (χ1n) is 8.44. The molecule has 0 aromatic carbocycles. The van der Waals surface area contributed by atoms with E-state index in [1.165, 1.54) is 0 Å². The lowest BCUT2D eigenvalue weighted by molar-refractivity contribution is -0.130. The molecule has 0 aliphatic carbocycles. The van der Waals surface area contributed by atoms with E-state index < -0.39 is 0 Å². The second-order valence-corrected chi connectivity index (χ2v) is 7.63. The Morgan fingerprint density at radius 3 is 2.46 bits per heavy atom. The molecule has 0 saturated heterocycles. The van der Waals surface area contributed by atoms with Crippen molar-refractivity contribution in [1.29, 1.82) is 0 Å². The van der Waals surface area contributed by atoms with Gasteiger partial charge in [0.15, 0.2) is 5.82 Å². The van der Waals surface area contributed by atoms with Gasteiger partial charge in [-0.15, -0.1) is 12.4 Å². The number of carbonyl (C=O) groups excluding carboxylic acids is 1. The fraction of sp³-hybridized carbons (Fsp3) is 0.824. The highest BCUT2D eigenvalue weighted by atomic mass is 35.5. The molecule has 0 aliphatic heterocycles. The van der Waals surface area contributed by atoms with Gasteiger partial charge in [0.05, 0.1) is 0 Å². The van der Waals surface area contributed by atoms with Crippen molar-refractivity contribution in [2.75, 3.05) is 13.6 Å². The van der Waals surface area contributed by atoms with Crippen molar-refractivity contribution in [2.45, 2.75) is 71.8 Å². The van der Waals surface area contributed by atoms with Gasteiger partial charge in [0, 0.05) is 37.9 Å². The molecular weight excluding hydrogens is 328 g/mol. The summed E-state index contributed by atoms with van der Waals surface area (Å²) in [6.45, 7) is 11.0. The van der Waals surface area contributed by atoms with Crippen molar-refractivity contribution >= 4 is 18.3 Å². The first-order valence-corrected chi connectivity index (χ1v) is 8.44. The Hall–Kier alpha value is -1.14. The van der Waals surface area contributed by atoms with Gasteiger partial charge >= 0.3 is 0 Å². The molecule has 1 aromatic heterocycles.